The summed E-state index contributed by atoms with van der Waals surface area (Å²) in [5.41, 5.74) is 0. The van der Waals surface area contributed by atoms with E-state index in [4.69, 9.17) is 0 Å². The van der Waals surface area contributed by atoms with Crippen molar-refractivity contribution in [2.45, 2.75) is 89.6 Å². The Kier molecular flexibility index (Phi) is 5.99. The fraction of sp³-hybridized carbons (Fsp3) is 1.00. The molecule has 21 heavy (non-hydrogen) atoms. The van der Waals surface area contributed by atoms with Crippen LogP contribution in [0.2, 0.25) is 0 Å². The molecule has 3 aliphatic rings. The van der Waals surface area contributed by atoms with E-state index in [-0.39, 0.29) is 0 Å². The molecule has 0 radical (unpaired) electrons. The normalized spacial score (nSPS) is 33.6. The molecule has 3 fully saturated rings. The van der Waals surface area contributed by atoms with Gasteiger partial charge in [-0.05, 0) is 50.5 Å². The molecule has 0 bridgehead atoms. The molecule has 1 heterocycles. The first kappa shape index (κ1) is 15.8. The van der Waals surface area contributed by atoms with Crippen molar-refractivity contribution in [1.29, 1.82) is 0 Å². The van der Waals surface area contributed by atoms with Gasteiger partial charge >= 0.3 is 0 Å². The Hall–Kier alpha value is -0.0800. The smallest absolute Gasteiger partial charge is 0.0198 e. The summed E-state index contributed by atoms with van der Waals surface area (Å²) >= 11 is 0. The van der Waals surface area contributed by atoms with Crippen LogP contribution in [0, 0.1) is 11.8 Å². The average Bonchev–Trinajstić information content (AvgIpc) is 3.07. The first-order valence-corrected chi connectivity index (χ1v) is 9.82. The van der Waals surface area contributed by atoms with Crippen molar-refractivity contribution in [2.24, 2.45) is 11.8 Å². The van der Waals surface area contributed by atoms with Crippen molar-refractivity contribution in [2.75, 3.05) is 19.6 Å². The monoisotopic (exact) mass is 292 g/mol. The quantitative estimate of drug-likeness (QED) is 0.817. The van der Waals surface area contributed by atoms with Crippen LogP contribution in [0.25, 0.3) is 0 Å². The van der Waals surface area contributed by atoms with Gasteiger partial charge in [0.15, 0.2) is 0 Å². The predicted octanol–water partition coefficient (Wildman–Crippen LogP) is 4.20. The van der Waals surface area contributed by atoms with Crippen molar-refractivity contribution < 1.29 is 0 Å². The molecule has 2 saturated carbocycles. The van der Waals surface area contributed by atoms with Gasteiger partial charge in [-0.1, -0.05) is 45.4 Å². The number of piperidine rings is 1. The Morgan fingerprint density at radius 1 is 0.857 bits per heavy atom. The van der Waals surface area contributed by atoms with Crippen LogP contribution in [0.3, 0.4) is 0 Å². The second kappa shape index (κ2) is 7.97. The minimum absolute atomic E-state index is 0.770. The van der Waals surface area contributed by atoms with E-state index in [0.29, 0.717) is 0 Å². The van der Waals surface area contributed by atoms with Gasteiger partial charge in [0.1, 0.15) is 0 Å². The maximum Gasteiger partial charge on any atom is 0.0198 e. The molecule has 2 heteroatoms. The van der Waals surface area contributed by atoms with Crippen LogP contribution >= 0.6 is 0 Å². The molecule has 0 amide bonds. The largest absolute Gasteiger partial charge is 0.312 e. The molecule has 1 N–H and O–H groups in total. The minimum Gasteiger partial charge on any atom is -0.312 e. The summed E-state index contributed by atoms with van der Waals surface area (Å²) in [7, 11) is 0. The van der Waals surface area contributed by atoms with E-state index in [9.17, 15) is 0 Å². The molecule has 3 rings (SSSR count). The van der Waals surface area contributed by atoms with Gasteiger partial charge in [0, 0.05) is 25.2 Å². The van der Waals surface area contributed by atoms with Gasteiger partial charge in [-0.2, -0.15) is 0 Å². The summed E-state index contributed by atoms with van der Waals surface area (Å²) in [5, 5.41) is 3.96. The Labute approximate surface area is 132 Å². The summed E-state index contributed by atoms with van der Waals surface area (Å²) < 4.78 is 0. The van der Waals surface area contributed by atoms with Crippen molar-refractivity contribution in [1.82, 2.24) is 10.2 Å². The zero-order valence-electron chi connectivity index (χ0n) is 14.2. The third-order valence-electron chi connectivity index (χ3n) is 6.40. The van der Waals surface area contributed by atoms with Gasteiger partial charge < -0.3 is 5.32 Å². The molecule has 2 atom stereocenters. The lowest BCUT2D eigenvalue weighted by Gasteiger charge is -2.43. The van der Waals surface area contributed by atoms with E-state index >= 15 is 0 Å². The fourth-order valence-corrected chi connectivity index (χ4v) is 4.98. The number of hydrogen-bond donors (Lipinski definition) is 1. The molecule has 2 nitrogen and oxygen atoms in total. The first-order chi connectivity index (χ1) is 10.3. The Morgan fingerprint density at radius 3 is 2.29 bits per heavy atom. The number of hydrogen-bond acceptors (Lipinski definition) is 2. The van der Waals surface area contributed by atoms with Crippen LogP contribution in [-0.4, -0.2) is 36.6 Å². The maximum absolute atomic E-state index is 3.96. The Bertz CT molecular complexity index is 292. The van der Waals surface area contributed by atoms with Gasteiger partial charge in [-0.3, -0.25) is 4.90 Å². The summed E-state index contributed by atoms with van der Waals surface area (Å²) in [6.07, 6.45) is 16.0. The number of rotatable bonds is 5. The lowest BCUT2D eigenvalue weighted by atomic mass is 9.87. The zero-order chi connectivity index (χ0) is 14.5. The molecule has 122 valence electrons. The molecule has 0 aromatic rings. The lowest BCUT2D eigenvalue weighted by Crippen LogP contribution is -2.53. The summed E-state index contributed by atoms with van der Waals surface area (Å²) in [4.78, 5) is 2.86. The zero-order valence-corrected chi connectivity index (χ0v) is 14.2. The van der Waals surface area contributed by atoms with Crippen LogP contribution in [-0.2, 0) is 0 Å². The van der Waals surface area contributed by atoms with E-state index in [1.807, 2.05) is 0 Å². The summed E-state index contributed by atoms with van der Waals surface area (Å²) in [6, 6.07) is 1.68. The molecular weight excluding hydrogens is 256 g/mol. The van der Waals surface area contributed by atoms with Crippen LogP contribution in [0.15, 0.2) is 0 Å². The van der Waals surface area contributed by atoms with E-state index < -0.39 is 0 Å². The highest BCUT2D eigenvalue weighted by atomic mass is 15.2. The van der Waals surface area contributed by atoms with Gasteiger partial charge in [-0.15, -0.1) is 0 Å². The van der Waals surface area contributed by atoms with Crippen molar-refractivity contribution in [3.63, 3.8) is 0 Å². The third-order valence-corrected chi connectivity index (χ3v) is 6.40. The molecule has 1 aliphatic heterocycles. The SMILES string of the molecule is CCC1CC(NCC2CCCC2)CN(C2CCCCC2)C1. The van der Waals surface area contributed by atoms with Gasteiger partial charge in [0.2, 0.25) is 0 Å². The summed E-state index contributed by atoms with van der Waals surface area (Å²) in [6.45, 7) is 6.39. The van der Waals surface area contributed by atoms with E-state index in [1.54, 1.807) is 0 Å². The lowest BCUT2D eigenvalue weighted by molar-refractivity contribution is 0.0751. The van der Waals surface area contributed by atoms with Gasteiger partial charge in [0.25, 0.3) is 0 Å². The number of likely N-dealkylation sites (tertiary alicyclic amines) is 1. The van der Waals surface area contributed by atoms with Crippen LogP contribution in [0.4, 0.5) is 0 Å². The topological polar surface area (TPSA) is 15.3 Å². The maximum atomic E-state index is 3.96. The highest BCUT2D eigenvalue weighted by Gasteiger charge is 2.31. The molecule has 2 aliphatic carbocycles. The van der Waals surface area contributed by atoms with Crippen LogP contribution in [0.1, 0.15) is 77.6 Å². The number of nitrogens with one attached hydrogen (secondary N) is 1. The first-order valence-electron chi connectivity index (χ1n) is 9.82. The highest BCUT2D eigenvalue weighted by molar-refractivity contribution is 4.88. The van der Waals surface area contributed by atoms with E-state index in [1.165, 1.54) is 90.3 Å². The molecule has 1 saturated heterocycles. The van der Waals surface area contributed by atoms with E-state index in [2.05, 4.69) is 17.1 Å². The van der Waals surface area contributed by atoms with Crippen LogP contribution in [0.5, 0.6) is 0 Å². The Balaban J connectivity index is 1.50. The van der Waals surface area contributed by atoms with Gasteiger partial charge in [0.05, 0.1) is 0 Å². The Morgan fingerprint density at radius 2 is 1.57 bits per heavy atom. The minimum atomic E-state index is 0.770. The predicted molar refractivity (Wildman–Crippen MR) is 90.6 cm³/mol. The molecular formula is C19H36N2. The highest BCUT2D eigenvalue weighted by Crippen LogP contribution is 2.29. The third kappa shape index (κ3) is 4.45. The molecule has 2 unspecified atom stereocenters. The van der Waals surface area contributed by atoms with Crippen molar-refractivity contribution in [3.05, 3.63) is 0 Å². The average molecular weight is 293 g/mol. The van der Waals surface area contributed by atoms with E-state index in [0.717, 1.165) is 23.9 Å². The molecule has 0 aromatic heterocycles. The standard InChI is InChI=1S/C19H36N2/c1-2-16-12-18(20-13-17-8-6-7-9-17)15-21(14-16)19-10-4-3-5-11-19/h16-20H,2-15H2,1H3. The fourth-order valence-electron chi connectivity index (χ4n) is 4.98. The molecule has 0 spiro atoms. The number of nitrogens with zero attached hydrogens (tertiary/aromatic N) is 1. The summed E-state index contributed by atoms with van der Waals surface area (Å²) in [5.74, 6) is 1.91. The van der Waals surface area contributed by atoms with Crippen LogP contribution < -0.4 is 5.32 Å². The second-order valence-electron chi connectivity index (χ2n) is 8.01. The molecule has 0 aromatic carbocycles. The second-order valence-corrected chi connectivity index (χ2v) is 8.01. The van der Waals surface area contributed by atoms with Crippen molar-refractivity contribution >= 4 is 0 Å². The van der Waals surface area contributed by atoms with Gasteiger partial charge in [-0.25, -0.2) is 0 Å². The van der Waals surface area contributed by atoms with Crippen molar-refractivity contribution in [3.8, 4) is 0 Å².